The van der Waals surface area contributed by atoms with E-state index in [1.54, 1.807) is 28.9 Å². The number of hydrogen-bond acceptors (Lipinski definition) is 8. The van der Waals surface area contributed by atoms with Gasteiger partial charge in [-0.25, -0.2) is 18.4 Å². The number of hydrogen-bond donors (Lipinski definition) is 1. The van der Waals surface area contributed by atoms with E-state index in [1.165, 1.54) is 28.7 Å². The first-order valence-electron chi connectivity index (χ1n) is 12.2. The number of carbonyl (C=O) groups is 1. The molecule has 2 aliphatic heterocycles. The van der Waals surface area contributed by atoms with Crippen LogP contribution < -0.4 is 15.5 Å². The maximum Gasteiger partial charge on any atom is 0.316 e. The average Bonchev–Trinajstić information content (AvgIpc) is 3.26. The van der Waals surface area contributed by atoms with Crippen LogP contribution in [-0.4, -0.2) is 72.3 Å². The number of nitrogens with zero attached hydrogens (tertiary/aromatic N) is 6. The fourth-order valence-electron chi connectivity index (χ4n) is 4.68. The van der Waals surface area contributed by atoms with Gasteiger partial charge >= 0.3 is 5.92 Å². The van der Waals surface area contributed by atoms with Crippen molar-refractivity contribution in [3.8, 4) is 0 Å². The van der Waals surface area contributed by atoms with Crippen LogP contribution in [0.15, 0.2) is 53.7 Å². The third-order valence-electron chi connectivity index (χ3n) is 6.72. The average molecular weight is 578 g/mol. The van der Waals surface area contributed by atoms with Crippen molar-refractivity contribution in [1.29, 1.82) is 0 Å². The second-order valence-electron chi connectivity index (χ2n) is 9.51. The molecule has 2 saturated heterocycles. The van der Waals surface area contributed by atoms with Gasteiger partial charge in [0.25, 0.3) is 0 Å². The lowest BCUT2D eigenvalue weighted by atomic mass is 10.1. The zero-order chi connectivity index (χ0) is 27.9. The SMILES string of the molecule is Cc1cncc(C(F)(F)c2cc(Cl)nc(N3CCN(S(=O)(=O)c4ccc(N5C[C@H](N)CC5=O)cc4)CC3)c2)n1. The van der Waals surface area contributed by atoms with E-state index in [0.29, 0.717) is 17.9 Å². The van der Waals surface area contributed by atoms with Gasteiger partial charge in [-0.1, -0.05) is 11.6 Å². The van der Waals surface area contributed by atoms with Crippen LogP contribution in [0.3, 0.4) is 0 Å². The van der Waals surface area contributed by atoms with Crippen molar-refractivity contribution in [3.05, 3.63) is 70.9 Å². The standard InChI is InChI=1S/C25H26ClF2N7O3S/c1-16-13-30-14-21(31-16)25(27,28)17-10-22(26)32-23(11-17)33-6-8-34(9-7-33)39(37,38)20-4-2-19(3-5-20)35-15-18(29)12-24(35)36/h2-5,10-11,13-14,18H,6-9,12,15,29H2,1H3/t18-/m1/s1. The maximum atomic E-state index is 15.2. The third kappa shape index (κ3) is 5.44. The molecule has 0 saturated carbocycles. The van der Waals surface area contributed by atoms with Gasteiger partial charge in [-0.2, -0.15) is 13.1 Å². The molecule has 0 spiro atoms. The van der Waals surface area contributed by atoms with Crippen molar-refractivity contribution >= 4 is 39.0 Å². The zero-order valence-corrected chi connectivity index (χ0v) is 22.5. The molecule has 2 aliphatic rings. The molecule has 0 aliphatic carbocycles. The number of benzene rings is 1. The Bertz CT molecular complexity index is 1500. The molecule has 14 heteroatoms. The molecule has 0 radical (unpaired) electrons. The quantitative estimate of drug-likeness (QED) is 0.443. The van der Waals surface area contributed by atoms with E-state index in [9.17, 15) is 13.2 Å². The fourth-order valence-corrected chi connectivity index (χ4v) is 6.30. The lowest BCUT2D eigenvalue weighted by Gasteiger charge is -2.35. The molecule has 206 valence electrons. The van der Waals surface area contributed by atoms with Crippen LogP contribution in [0.4, 0.5) is 20.3 Å². The number of piperazine rings is 1. The summed E-state index contributed by atoms with van der Waals surface area (Å²) in [6.07, 6.45) is 2.65. The van der Waals surface area contributed by atoms with Gasteiger partial charge in [-0.05, 0) is 43.3 Å². The van der Waals surface area contributed by atoms with Crippen LogP contribution in [-0.2, 0) is 20.7 Å². The lowest BCUT2D eigenvalue weighted by molar-refractivity contribution is -0.117. The minimum atomic E-state index is -3.82. The number of amides is 1. The summed E-state index contributed by atoms with van der Waals surface area (Å²) in [6.45, 7) is 2.64. The molecule has 5 rings (SSSR count). The van der Waals surface area contributed by atoms with Gasteiger partial charge in [-0.15, -0.1) is 0 Å². The fraction of sp³-hybridized carbons (Fsp3) is 0.360. The Hall–Kier alpha value is -3.26. The number of aryl methyl sites for hydroxylation is 1. The highest BCUT2D eigenvalue weighted by Crippen LogP contribution is 2.37. The molecule has 10 nitrogen and oxygen atoms in total. The number of carbonyl (C=O) groups excluding carboxylic acids is 1. The van der Waals surface area contributed by atoms with Crippen LogP contribution >= 0.6 is 11.6 Å². The molecular formula is C25H26ClF2N7O3S. The van der Waals surface area contributed by atoms with Crippen LogP contribution in [0.5, 0.6) is 0 Å². The van der Waals surface area contributed by atoms with Crippen molar-refractivity contribution in [2.45, 2.75) is 30.2 Å². The summed E-state index contributed by atoms with van der Waals surface area (Å²) in [5.74, 6) is -3.34. The summed E-state index contributed by atoms with van der Waals surface area (Å²) in [6, 6.07) is 8.20. The molecule has 39 heavy (non-hydrogen) atoms. The minimum Gasteiger partial charge on any atom is -0.354 e. The Labute approximate surface area is 229 Å². The highest BCUT2D eigenvalue weighted by atomic mass is 35.5. The number of pyridine rings is 1. The summed E-state index contributed by atoms with van der Waals surface area (Å²) in [7, 11) is -3.82. The highest BCUT2D eigenvalue weighted by molar-refractivity contribution is 7.89. The molecule has 2 N–H and O–H groups in total. The third-order valence-corrected chi connectivity index (χ3v) is 8.83. The number of anilines is 2. The first-order chi connectivity index (χ1) is 18.4. The van der Waals surface area contributed by atoms with Gasteiger partial charge < -0.3 is 15.5 Å². The Morgan fingerprint density at radius 3 is 2.36 bits per heavy atom. The molecule has 1 aromatic carbocycles. The van der Waals surface area contributed by atoms with Crippen molar-refractivity contribution in [2.75, 3.05) is 42.5 Å². The smallest absolute Gasteiger partial charge is 0.316 e. The predicted octanol–water partition coefficient (Wildman–Crippen LogP) is 2.55. The van der Waals surface area contributed by atoms with Gasteiger partial charge in [0.1, 0.15) is 16.7 Å². The number of rotatable bonds is 6. The second kappa shape index (κ2) is 10.4. The van der Waals surface area contributed by atoms with Crippen molar-refractivity contribution < 1.29 is 22.0 Å². The van der Waals surface area contributed by atoms with Gasteiger partial charge in [0.2, 0.25) is 15.9 Å². The summed E-state index contributed by atoms with van der Waals surface area (Å²) < 4.78 is 58.3. The van der Waals surface area contributed by atoms with Crippen LogP contribution in [0, 0.1) is 6.92 Å². The van der Waals surface area contributed by atoms with Gasteiger partial charge in [-0.3, -0.25) is 9.78 Å². The number of alkyl halides is 2. The van der Waals surface area contributed by atoms with E-state index < -0.39 is 21.6 Å². The molecule has 1 amide bonds. The van der Waals surface area contributed by atoms with E-state index in [1.807, 2.05) is 0 Å². The molecule has 3 aromatic rings. The zero-order valence-electron chi connectivity index (χ0n) is 21.0. The van der Waals surface area contributed by atoms with Gasteiger partial charge in [0.05, 0.1) is 16.8 Å². The first-order valence-corrected chi connectivity index (χ1v) is 14.0. The van der Waals surface area contributed by atoms with Crippen molar-refractivity contribution in [3.63, 3.8) is 0 Å². The molecule has 2 fully saturated rings. The monoisotopic (exact) mass is 577 g/mol. The number of aromatic nitrogens is 3. The lowest BCUT2D eigenvalue weighted by Crippen LogP contribution is -2.49. The summed E-state index contributed by atoms with van der Waals surface area (Å²) >= 11 is 6.11. The molecule has 0 bridgehead atoms. The number of sulfonamides is 1. The Morgan fingerprint density at radius 2 is 1.74 bits per heavy atom. The highest BCUT2D eigenvalue weighted by Gasteiger charge is 2.38. The van der Waals surface area contributed by atoms with Crippen LogP contribution in [0.1, 0.15) is 23.4 Å². The topological polar surface area (TPSA) is 126 Å². The summed E-state index contributed by atoms with van der Waals surface area (Å²) in [4.78, 5) is 27.4. The normalized spacial score (nSPS) is 19.1. The Morgan fingerprint density at radius 1 is 1.05 bits per heavy atom. The first kappa shape index (κ1) is 27.3. The van der Waals surface area contributed by atoms with E-state index >= 15 is 8.78 Å². The summed E-state index contributed by atoms with van der Waals surface area (Å²) in [5.41, 5.74) is 5.91. The van der Waals surface area contributed by atoms with Gasteiger partial charge in [0, 0.05) is 62.6 Å². The Balaban J connectivity index is 1.29. The second-order valence-corrected chi connectivity index (χ2v) is 11.8. The minimum absolute atomic E-state index is 0.0951. The van der Waals surface area contributed by atoms with E-state index in [4.69, 9.17) is 17.3 Å². The van der Waals surface area contributed by atoms with Gasteiger partial charge in [0.15, 0.2) is 0 Å². The largest absolute Gasteiger partial charge is 0.354 e. The Kier molecular flexibility index (Phi) is 7.27. The summed E-state index contributed by atoms with van der Waals surface area (Å²) in [5, 5.41) is -0.115. The van der Waals surface area contributed by atoms with Crippen LogP contribution in [0.25, 0.3) is 0 Å². The number of nitrogens with two attached hydrogens (primary N) is 1. The van der Waals surface area contributed by atoms with E-state index in [2.05, 4.69) is 15.0 Å². The maximum absolute atomic E-state index is 15.2. The number of halogens is 3. The molecule has 2 aromatic heterocycles. The van der Waals surface area contributed by atoms with Crippen LogP contribution in [0.2, 0.25) is 5.15 Å². The molecule has 1 atom stereocenters. The van der Waals surface area contributed by atoms with E-state index in [-0.39, 0.29) is 66.0 Å². The van der Waals surface area contributed by atoms with Crippen molar-refractivity contribution in [2.24, 2.45) is 5.73 Å². The molecular weight excluding hydrogens is 552 g/mol. The predicted molar refractivity (Wildman–Crippen MR) is 141 cm³/mol. The molecule has 4 heterocycles. The van der Waals surface area contributed by atoms with E-state index in [0.717, 1.165) is 12.3 Å². The molecule has 0 unspecified atom stereocenters. The van der Waals surface area contributed by atoms with Crippen molar-refractivity contribution in [1.82, 2.24) is 19.3 Å².